The summed E-state index contributed by atoms with van der Waals surface area (Å²) in [7, 11) is -3.53. The summed E-state index contributed by atoms with van der Waals surface area (Å²) in [5.41, 5.74) is 8.35. The highest BCUT2D eigenvalue weighted by Gasteiger charge is 2.20. The van der Waals surface area contributed by atoms with Crippen LogP contribution in [0.5, 0.6) is 0 Å². The summed E-state index contributed by atoms with van der Waals surface area (Å²) in [6.45, 7) is 4.00. The Morgan fingerprint density at radius 2 is 2.10 bits per heavy atom. The van der Waals surface area contributed by atoms with Crippen molar-refractivity contribution in [3.8, 4) is 0 Å². The lowest BCUT2D eigenvalue weighted by Crippen LogP contribution is -2.34. The van der Waals surface area contributed by atoms with Crippen molar-refractivity contribution in [2.24, 2.45) is 5.73 Å². The summed E-state index contributed by atoms with van der Waals surface area (Å²) in [4.78, 5) is 0.308. The minimum atomic E-state index is -3.53. The number of rotatable bonds is 6. The monoisotopic (exact) mass is 324 g/mol. The first kappa shape index (κ1) is 16.2. The third-order valence-corrected chi connectivity index (χ3v) is 5.85. The first-order valence-corrected chi connectivity index (χ1v) is 9.18. The maximum absolute atomic E-state index is 12.5. The Bertz CT molecular complexity index is 694. The van der Waals surface area contributed by atoms with Gasteiger partial charge in [0.1, 0.15) is 0 Å². The van der Waals surface area contributed by atoms with Gasteiger partial charge in [-0.3, -0.25) is 0 Å². The van der Waals surface area contributed by atoms with E-state index in [4.69, 9.17) is 5.73 Å². The van der Waals surface area contributed by atoms with Crippen molar-refractivity contribution >= 4 is 21.4 Å². The van der Waals surface area contributed by atoms with Gasteiger partial charge in [-0.2, -0.15) is 11.3 Å². The highest BCUT2D eigenvalue weighted by molar-refractivity contribution is 7.89. The molecule has 0 aliphatic heterocycles. The van der Waals surface area contributed by atoms with E-state index < -0.39 is 10.0 Å². The summed E-state index contributed by atoms with van der Waals surface area (Å²) < 4.78 is 27.8. The quantitative estimate of drug-likeness (QED) is 0.857. The van der Waals surface area contributed by atoms with Gasteiger partial charge in [0.25, 0.3) is 0 Å². The van der Waals surface area contributed by atoms with Crippen LogP contribution >= 0.6 is 11.3 Å². The molecular weight excluding hydrogens is 304 g/mol. The number of nitrogens with two attached hydrogens (primary N) is 1. The predicted molar refractivity (Wildman–Crippen MR) is 86.9 cm³/mol. The van der Waals surface area contributed by atoms with Crippen LogP contribution in [0.4, 0.5) is 0 Å². The van der Waals surface area contributed by atoms with E-state index in [2.05, 4.69) is 4.72 Å². The zero-order chi connectivity index (χ0) is 15.5. The van der Waals surface area contributed by atoms with E-state index in [-0.39, 0.29) is 6.04 Å². The number of nitrogens with one attached hydrogen (secondary N) is 1. The fourth-order valence-electron chi connectivity index (χ4n) is 2.30. The fourth-order valence-corrected chi connectivity index (χ4v) is 4.52. The van der Waals surface area contributed by atoms with Gasteiger partial charge in [0, 0.05) is 12.6 Å². The summed E-state index contributed by atoms with van der Waals surface area (Å²) in [5, 5.41) is 4.02. The van der Waals surface area contributed by atoms with Gasteiger partial charge in [-0.25, -0.2) is 13.1 Å². The topological polar surface area (TPSA) is 72.2 Å². The predicted octanol–water partition coefficient (Wildman–Crippen LogP) is 2.42. The number of thiophene rings is 1. The Labute approximate surface area is 130 Å². The zero-order valence-electron chi connectivity index (χ0n) is 12.2. The Morgan fingerprint density at radius 3 is 2.71 bits per heavy atom. The van der Waals surface area contributed by atoms with Crippen LogP contribution in [-0.4, -0.2) is 14.5 Å². The number of benzene rings is 1. The smallest absolute Gasteiger partial charge is 0.241 e. The lowest BCUT2D eigenvalue weighted by molar-refractivity contribution is 0.559. The summed E-state index contributed by atoms with van der Waals surface area (Å²) in [6.07, 6.45) is 0.679. The molecule has 1 aromatic carbocycles. The molecular formula is C15H20N2O2S2. The number of sulfonamides is 1. The molecule has 1 heterocycles. The molecule has 6 heteroatoms. The molecule has 0 saturated heterocycles. The second-order valence-corrected chi connectivity index (χ2v) is 7.56. The van der Waals surface area contributed by atoms with E-state index in [1.165, 1.54) is 0 Å². The number of hydrogen-bond acceptors (Lipinski definition) is 4. The van der Waals surface area contributed by atoms with Gasteiger partial charge in [0.2, 0.25) is 10.0 Å². The van der Waals surface area contributed by atoms with Gasteiger partial charge in [0.05, 0.1) is 4.90 Å². The molecule has 4 nitrogen and oxygen atoms in total. The van der Waals surface area contributed by atoms with Gasteiger partial charge in [-0.15, -0.1) is 0 Å². The molecule has 0 fully saturated rings. The van der Waals surface area contributed by atoms with Crippen molar-refractivity contribution in [1.29, 1.82) is 0 Å². The maximum atomic E-state index is 12.5. The minimum Gasteiger partial charge on any atom is -0.326 e. The largest absolute Gasteiger partial charge is 0.326 e. The van der Waals surface area contributed by atoms with Crippen molar-refractivity contribution in [3.63, 3.8) is 0 Å². The molecule has 1 unspecified atom stereocenters. The SMILES string of the molecule is Cc1c(CN)cccc1S(=O)(=O)NC(C)Cc1ccsc1. The summed E-state index contributed by atoms with van der Waals surface area (Å²) >= 11 is 1.61. The summed E-state index contributed by atoms with van der Waals surface area (Å²) in [6, 6.07) is 7.05. The molecule has 1 atom stereocenters. The maximum Gasteiger partial charge on any atom is 0.241 e. The molecule has 0 radical (unpaired) electrons. The Morgan fingerprint density at radius 1 is 1.33 bits per heavy atom. The van der Waals surface area contributed by atoms with Crippen LogP contribution in [-0.2, 0) is 23.0 Å². The average molecular weight is 324 g/mol. The second-order valence-electron chi connectivity index (χ2n) is 5.10. The van der Waals surface area contributed by atoms with Crippen molar-refractivity contribution in [2.75, 3.05) is 0 Å². The van der Waals surface area contributed by atoms with Crippen molar-refractivity contribution in [3.05, 3.63) is 51.7 Å². The molecule has 0 spiro atoms. The molecule has 3 N–H and O–H groups in total. The first-order valence-electron chi connectivity index (χ1n) is 6.76. The molecule has 21 heavy (non-hydrogen) atoms. The lowest BCUT2D eigenvalue weighted by atomic mass is 10.1. The van der Waals surface area contributed by atoms with E-state index in [0.717, 1.165) is 16.7 Å². The van der Waals surface area contributed by atoms with Gasteiger partial charge >= 0.3 is 0 Å². The van der Waals surface area contributed by atoms with Crippen molar-refractivity contribution in [1.82, 2.24) is 4.72 Å². The standard InChI is InChI=1S/C15H20N2O2S2/c1-11(8-13-6-7-20-10-13)17-21(18,19)15-5-3-4-14(9-16)12(15)2/h3-7,10-11,17H,8-9,16H2,1-2H3. The minimum absolute atomic E-state index is 0.162. The summed E-state index contributed by atoms with van der Waals surface area (Å²) in [5.74, 6) is 0. The first-order chi connectivity index (χ1) is 9.94. The number of hydrogen-bond donors (Lipinski definition) is 2. The van der Waals surface area contributed by atoms with E-state index in [9.17, 15) is 8.42 Å². The highest BCUT2D eigenvalue weighted by atomic mass is 32.2. The fraction of sp³-hybridized carbons (Fsp3) is 0.333. The second kappa shape index (κ2) is 6.70. The molecule has 0 aliphatic carbocycles. The normalized spacial score (nSPS) is 13.3. The van der Waals surface area contributed by atoms with Crippen LogP contribution in [0.1, 0.15) is 23.6 Å². The Hall–Kier alpha value is -1.21. The highest BCUT2D eigenvalue weighted by Crippen LogP contribution is 2.19. The van der Waals surface area contributed by atoms with Crippen LogP contribution in [0, 0.1) is 6.92 Å². The Balaban J connectivity index is 2.18. The molecule has 0 bridgehead atoms. The van der Waals surface area contributed by atoms with Gasteiger partial charge < -0.3 is 5.73 Å². The molecule has 2 rings (SSSR count). The van der Waals surface area contributed by atoms with Gasteiger partial charge in [0.15, 0.2) is 0 Å². The average Bonchev–Trinajstić information content (AvgIpc) is 2.90. The van der Waals surface area contributed by atoms with Crippen LogP contribution in [0.15, 0.2) is 39.9 Å². The van der Waals surface area contributed by atoms with Crippen molar-refractivity contribution < 1.29 is 8.42 Å². The molecule has 0 aliphatic rings. The lowest BCUT2D eigenvalue weighted by Gasteiger charge is -2.16. The third kappa shape index (κ3) is 3.91. The molecule has 2 aromatic rings. The molecule has 114 valence electrons. The Kier molecular flexibility index (Phi) is 5.16. The van der Waals surface area contributed by atoms with Crippen LogP contribution in [0.2, 0.25) is 0 Å². The van der Waals surface area contributed by atoms with Crippen LogP contribution < -0.4 is 10.5 Å². The van der Waals surface area contributed by atoms with Gasteiger partial charge in [-0.1, -0.05) is 12.1 Å². The van der Waals surface area contributed by atoms with E-state index in [0.29, 0.717) is 17.9 Å². The molecule has 0 saturated carbocycles. The zero-order valence-corrected chi connectivity index (χ0v) is 13.8. The van der Waals surface area contributed by atoms with E-state index in [1.807, 2.05) is 29.8 Å². The van der Waals surface area contributed by atoms with E-state index >= 15 is 0 Å². The van der Waals surface area contributed by atoms with Gasteiger partial charge in [-0.05, 0) is 59.9 Å². The molecule has 0 amide bonds. The van der Waals surface area contributed by atoms with Crippen LogP contribution in [0.25, 0.3) is 0 Å². The van der Waals surface area contributed by atoms with Crippen molar-refractivity contribution in [2.45, 2.75) is 37.8 Å². The third-order valence-electron chi connectivity index (χ3n) is 3.38. The van der Waals surface area contributed by atoms with Crippen LogP contribution in [0.3, 0.4) is 0 Å². The van der Waals surface area contributed by atoms with E-state index in [1.54, 1.807) is 30.4 Å². The molecule has 1 aromatic heterocycles.